The fourth-order valence-corrected chi connectivity index (χ4v) is 2.02. The first kappa shape index (κ1) is 10.0. The van der Waals surface area contributed by atoms with Crippen LogP contribution in [0.3, 0.4) is 0 Å². The molecule has 0 fully saturated rings. The van der Waals surface area contributed by atoms with Crippen LogP contribution in [0.4, 0.5) is 5.69 Å². The van der Waals surface area contributed by atoms with Crippen LogP contribution in [0.25, 0.3) is 5.65 Å². The Labute approximate surface area is 89.9 Å². The zero-order valence-corrected chi connectivity index (χ0v) is 9.70. The number of nitrogens with two attached hydrogens (primary N) is 1. The molecule has 15 heavy (non-hydrogen) atoms. The van der Waals surface area contributed by atoms with Crippen LogP contribution < -0.4 is 5.73 Å². The molecule has 0 aliphatic rings. The van der Waals surface area contributed by atoms with E-state index in [4.69, 9.17) is 5.73 Å². The molecule has 0 aliphatic carbocycles. The van der Waals surface area contributed by atoms with Crippen molar-refractivity contribution in [1.82, 2.24) is 9.38 Å². The van der Waals surface area contributed by atoms with Crippen molar-refractivity contribution in [1.29, 1.82) is 0 Å². The van der Waals surface area contributed by atoms with Gasteiger partial charge in [0.1, 0.15) is 5.65 Å². The molecule has 80 valence electrons. The summed E-state index contributed by atoms with van der Waals surface area (Å²) in [5.74, 6) is 0.450. The molecule has 3 nitrogen and oxygen atoms in total. The van der Waals surface area contributed by atoms with Gasteiger partial charge < -0.3 is 10.1 Å². The van der Waals surface area contributed by atoms with E-state index < -0.39 is 0 Å². The number of aromatic nitrogens is 2. The van der Waals surface area contributed by atoms with Gasteiger partial charge in [0.15, 0.2) is 0 Å². The lowest BCUT2D eigenvalue weighted by atomic mass is 10.1. The van der Waals surface area contributed by atoms with E-state index in [-0.39, 0.29) is 0 Å². The normalized spacial score (nSPS) is 11.5. The predicted octanol–water partition coefficient (Wildman–Crippen LogP) is 2.66. The average Bonchev–Trinajstić information content (AvgIpc) is 2.44. The fraction of sp³-hybridized carbons (Fsp3) is 0.417. The van der Waals surface area contributed by atoms with Crippen LogP contribution in [0.1, 0.15) is 36.7 Å². The lowest BCUT2D eigenvalue weighted by Gasteiger charge is -2.02. The maximum absolute atomic E-state index is 5.83. The zero-order valence-electron chi connectivity index (χ0n) is 9.70. The summed E-state index contributed by atoms with van der Waals surface area (Å²) in [6.45, 7) is 8.46. The van der Waals surface area contributed by atoms with Crippen LogP contribution in [0.15, 0.2) is 12.3 Å². The number of anilines is 1. The second-order valence-electron chi connectivity index (χ2n) is 4.39. The van der Waals surface area contributed by atoms with Gasteiger partial charge in [0.05, 0.1) is 5.69 Å². The van der Waals surface area contributed by atoms with E-state index >= 15 is 0 Å². The molecule has 0 radical (unpaired) electrons. The highest BCUT2D eigenvalue weighted by Gasteiger charge is 2.12. The molecule has 0 amide bonds. The molecule has 2 rings (SSSR count). The Bertz CT molecular complexity index is 509. The average molecular weight is 203 g/mol. The van der Waals surface area contributed by atoms with Gasteiger partial charge in [-0.05, 0) is 31.4 Å². The van der Waals surface area contributed by atoms with E-state index in [2.05, 4.69) is 30.2 Å². The SMILES string of the molecule is Cc1cc(N)cn2c(C)c(C(C)C)nc12. The van der Waals surface area contributed by atoms with Crippen molar-refractivity contribution in [3.05, 3.63) is 29.2 Å². The van der Waals surface area contributed by atoms with E-state index in [9.17, 15) is 0 Å². The van der Waals surface area contributed by atoms with Gasteiger partial charge in [0, 0.05) is 17.6 Å². The standard InChI is InChI=1S/C12H17N3/c1-7(2)11-9(4)15-6-10(13)5-8(3)12(15)14-11/h5-7H,13H2,1-4H3. The largest absolute Gasteiger partial charge is 0.398 e. The quantitative estimate of drug-likeness (QED) is 0.774. The van der Waals surface area contributed by atoms with Crippen molar-refractivity contribution in [2.24, 2.45) is 0 Å². The molecule has 3 heteroatoms. The third kappa shape index (κ3) is 1.48. The van der Waals surface area contributed by atoms with Gasteiger partial charge in [-0.15, -0.1) is 0 Å². The monoisotopic (exact) mass is 203 g/mol. The minimum atomic E-state index is 0.450. The molecule has 2 aromatic heterocycles. The smallest absolute Gasteiger partial charge is 0.140 e. The highest BCUT2D eigenvalue weighted by molar-refractivity contribution is 5.56. The highest BCUT2D eigenvalue weighted by atomic mass is 15.0. The number of fused-ring (bicyclic) bond motifs is 1. The summed E-state index contributed by atoms with van der Waals surface area (Å²) in [4.78, 5) is 4.66. The van der Waals surface area contributed by atoms with Gasteiger partial charge in [0.2, 0.25) is 0 Å². The number of rotatable bonds is 1. The molecule has 0 aliphatic heterocycles. The summed E-state index contributed by atoms with van der Waals surface area (Å²) in [6, 6.07) is 1.96. The third-order valence-corrected chi connectivity index (χ3v) is 2.75. The lowest BCUT2D eigenvalue weighted by molar-refractivity contribution is 0.821. The Kier molecular flexibility index (Phi) is 2.18. The first-order valence-electron chi connectivity index (χ1n) is 5.25. The molecule has 0 atom stereocenters. The minimum absolute atomic E-state index is 0.450. The fourth-order valence-electron chi connectivity index (χ4n) is 2.02. The maximum Gasteiger partial charge on any atom is 0.140 e. The second kappa shape index (κ2) is 3.26. The van der Waals surface area contributed by atoms with Crippen LogP contribution in [0.5, 0.6) is 0 Å². The van der Waals surface area contributed by atoms with Crippen LogP contribution in [-0.4, -0.2) is 9.38 Å². The van der Waals surface area contributed by atoms with Gasteiger partial charge in [-0.25, -0.2) is 4.98 Å². The number of hydrogen-bond donors (Lipinski definition) is 1. The van der Waals surface area contributed by atoms with Crippen molar-refractivity contribution < 1.29 is 0 Å². The van der Waals surface area contributed by atoms with E-state index in [1.54, 1.807) is 0 Å². The number of nitrogen functional groups attached to an aromatic ring is 1. The van der Waals surface area contributed by atoms with Crippen molar-refractivity contribution in [3.8, 4) is 0 Å². The molecule has 2 heterocycles. The molecule has 0 unspecified atom stereocenters. The number of nitrogens with zero attached hydrogens (tertiary/aromatic N) is 2. The minimum Gasteiger partial charge on any atom is -0.398 e. The molecule has 0 bridgehead atoms. The number of pyridine rings is 1. The maximum atomic E-state index is 5.83. The molecule has 2 N–H and O–H groups in total. The predicted molar refractivity (Wildman–Crippen MR) is 63.2 cm³/mol. The molecular weight excluding hydrogens is 186 g/mol. The van der Waals surface area contributed by atoms with Crippen LogP contribution in [0, 0.1) is 13.8 Å². The molecule has 0 saturated heterocycles. The second-order valence-corrected chi connectivity index (χ2v) is 4.39. The molecular formula is C12H17N3. The van der Waals surface area contributed by atoms with Crippen LogP contribution >= 0.6 is 0 Å². The van der Waals surface area contributed by atoms with Gasteiger partial charge in [-0.2, -0.15) is 0 Å². The van der Waals surface area contributed by atoms with Crippen LogP contribution in [-0.2, 0) is 0 Å². The summed E-state index contributed by atoms with van der Waals surface area (Å²) in [7, 11) is 0. The Morgan fingerprint density at radius 2 is 2.00 bits per heavy atom. The Morgan fingerprint density at radius 3 is 2.60 bits per heavy atom. The third-order valence-electron chi connectivity index (χ3n) is 2.75. The van der Waals surface area contributed by atoms with Crippen molar-refractivity contribution in [3.63, 3.8) is 0 Å². The number of hydrogen-bond acceptors (Lipinski definition) is 2. The van der Waals surface area contributed by atoms with E-state index in [0.29, 0.717) is 5.92 Å². The molecule has 0 aromatic carbocycles. The van der Waals surface area contributed by atoms with Crippen molar-refractivity contribution >= 4 is 11.3 Å². The zero-order chi connectivity index (χ0) is 11.2. The first-order valence-corrected chi connectivity index (χ1v) is 5.25. The van der Waals surface area contributed by atoms with E-state index in [1.807, 2.05) is 19.2 Å². The van der Waals surface area contributed by atoms with Gasteiger partial charge >= 0.3 is 0 Å². The summed E-state index contributed by atoms with van der Waals surface area (Å²) in [5.41, 5.74) is 11.1. The first-order chi connectivity index (χ1) is 7.00. The van der Waals surface area contributed by atoms with Crippen LogP contribution in [0.2, 0.25) is 0 Å². The summed E-state index contributed by atoms with van der Waals surface area (Å²) in [6.07, 6.45) is 1.94. The highest BCUT2D eigenvalue weighted by Crippen LogP contribution is 2.23. The lowest BCUT2D eigenvalue weighted by Crippen LogP contribution is -1.95. The van der Waals surface area contributed by atoms with Crippen molar-refractivity contribution in [2.75, 3.05) is 5.73 Å². The summed E-state index contributed by atoms with van der Waals surface area (Å²) < 4.78 is 2.08. The van der Waals surface area contributed by atoms with E-state index in [0.717, 1.165) is 22.6 Å². The topological polar surface area (TPSA) is 43.3 Å². The Morgan fingerprint density at radius 1 is 1.33 bits per heavy atom. The summed E-state index contributed by atoms with van der Waals surface area (Å²) >= 11 is 0. The van der Waals surface area contributed by atoms with Crippen molar-refractivity contribution in [2.45, 2.75) is 33.6 Å². The molecule has 0 spiro atoms. The van der Waals surface area contributed by atoms with Gasteiger partial charge in [0.25, 0.3) is 0 Å². The molecule has 0 saturated carbocycles. The Balaban J connectivity index is 2.82. The van der Waals surface area contributed by atoms with E-state index in [1.165, 1.54) is 5.69 Å². The molecule has 2 aromatic rings. The van der Waals surface area contributed by atoms with Gasteiger partial charge in [-0.1, -0.05) is 13.8 Å². The van der Waals surface area contributed by atoms with Gasteiger partial charge in [-0.3, -0.25) is 0 Å². The Hall–Kier alpha value is -1.51. The number of imidazole rings is 1. The number of aryl methyl sites for hydroxylation is 2. The summed E-state index contributed by atoms with van der Waals surface area (Å²) in [5, 5.41) is 0.